The number of likely N-dealkylation sites (N-methyl/N-ethyl adjacent to an activating group) is 2. The van der Waals surface area contributed by atoms with Crippen LogP contribution in [0.1, 0.15) is 0 Å². The van der Waals surface area contributed by atoms with Gasteiger partial charge in [0.05, 0.1) is 54.4 Å². The van der Waals surface area contributed by atoms with Crippen molar-refractivity contribution in [1.29, 1.82) is 0 Å². The van der Waals surface area contributed by atoms with Crippen molar-refractivity contribution in [3.8, 4) is 0 Å². The fourth-order valence-corrected chi connectivity index (χ4v) is 1.55. The minimum atomic E-state index is 0. The van der Waals surface area contributed by atoms with Crippen molar-refractivity contribution in [3.63, 3.8) is 0 Å². The lowest BCUT2D eigenvalue weighted by Gasteiger charge is -2.26. The van der Waals surface area contributed by atoms with Gasteiger partial charge in [0.1, 0.15) is 0 Å². The Morgan fingerprint density at radius 3 is 0.810 bits per heavy atom. The molecule has 21 heavy (non-hydrogen) atoms. The first-order chi connectivity index (χ1) is 8.24. The monoisotopic (exact) mass is 340 g/mol. The first-order valence-electron chi connectivity index (χ1n) is 6.32. The molecule has 0 rings (SSSR count). The second-order valence-electron chi connectivity index (χ2n) is 5.76. The van der Waals surface area contributed by atoms with E-state index in [1.807, 2.05) is 24.3 Å². The van der Waals surface area contributed by atoms with Crippen LogP contribution in [0, 0.1) is 0 Å². The zero-order chi connectivity index (χ0) is 14.7. The molecule has 0 atom stereocenters. The van der Waals surface area contributed by atoms with Gasteiger partial charge in [0, 0.05) is 0 Å². The Labute approximate surface area is 144 Å². The second-order valence-corrected chi connectivity index (χ2v) is 5.76. The number of halogens is 2. The zero-order valence-corrected chi connectivity index (χ0v) is 15.6. The van der Waals surface area contributed by atoms with Gasteiger partial charge in [-0.25, -0.2) is 0 Å². The first-order valence-corrected chi connectivity index (χ1v) is 6.32. The van der Waals surface area contributed by atoms with Crippen LogP contribution in [0.5, 0.6) is 0 Å². The predicted octanol–water partition coefficient (Wildman–Crippen LogP) is -3.95. The van der Waals surface area contributed by atoms with Crippen molar-refractivity contribution in [2.45, 2.75) is 0 Å². The van der Waals surface area contributed by atoms with Crippen LogP contribution in [0.25, 0.3) is 0 Å². The topological polar surface area (TPSA) is 31.5 Å². The average Bonchev–Trinajstić information content (AvgIpc) is 2.17. The lowest BCUT2D eigenvalue weighted by Crippen LogP contribution is -3.00. The maximum absolute atomic E-state index is 3.68. The maximum atomic E-state index is 3.68. The minimum absolute atomic E-state index is 0. The highest BCUT2D eigenvalue weighted by Crippen LogP contribution is 1.95. The molecule has 3 nitrogen and oxygen atoms in total. The molecule has 0 saturated carbocycles. The zero-order valence-electron chi connectivity index (χ0n) is 14.1. The predicted molar refractivity (Wildman–Crippen MR) is 88.1 cm³/mol. The molecule has 128 valence electrons. The number of quaternary nitrogens is 2. The highest BCUT2D eigenvalue weighted by molar-refractivity contribution is 4.70. The first kappa shape index (κ1) is 32.4. The number of hydrogen-bond acceptors (Lipinski definition) is 0. The molecular formula is C16H34Cl2N2O. The molecule has 0 saturated heterocycles. The van der Waals surface area contributed by atoms with Crippen LogP contribution in [-0.2, 0) is 0 Å². The van der Waals surface area contributed by atoms with Crippen molar-refractivity contribution >= 4 is 0 Å². The molecule has 0 spiro atoms. The Morgan fingerprint density at radius 2 is 0.714 bits per heavy atom. The van der Waals surface area contributed by atoms with E-state index in [9.17, 15) is 0 Å². The summed E-state index contributed by atoms with van der Waals surface area (Å²) in [7, 11) is 8.62. The molecule has 0 unspecified atom stereocenters. The van der Waals surface area contributed by atoms with Crippen molar-refractivity contribution in [2.24, 2.45) is 0 Å². The quantitative estimate of drug-likeness (QED) is 0.319. The van der Waals surface area contributed by atoms with Crippen LogP contribution in [0.15, 0.2) is 50.6 Å². The van der Waals surface area contributed by atoms with Gasteiger partial charge in [0.15, 0.2) is 0 Å². The molecule has 5 heteroatoms. The van der Waals surface area contributed by atoms with Gasteiger partial charge >= 0.3 is 0 Å². The van der Waals surface area contributed by atoms with E-state index in [-0.39, 0.29) is 30.3 Å². The summed E-state index contributed by atoms with van der Waals surface area (Å²) >= 11 is 0. The molecule has 0 aliphatic heterocycles. The fraction of sp³-hybridized carbons (Fsp3) is 0.500. The normalized spacial score (nSPS) is 9.33. The van der Waals surface area contributed by atoms with Crippen molar-refractivity contribution in [2.75, 3.05) is 54.4 Å². The van der Waals surface area contributed by atoms with Gasteiger partial charge < -0.3 is 39.3 Å². The molecule has 0 aromatic heterocycles. The number of nitrogens with zero attached hydrogens (tertiary/aromatic N) is 2. The molecule has 0 aromatic rings. The van der Waals surface area contributed by atoms with Crippen molar-refractivity contribution in [1.82, 2.24) is 0 Å². The molecule has 2 N–H and O–H groups in total. The molecule has 0 aliphatic rings. The van der Waals surface area contributed by atoms with Crippen LogP contribution in [-0.4, -0.2) is 68.8 Å². The smallest absolute Gasteiger partial charge is 0.0969 e. The second kappa shape index (κ2) is 17.5. The third-order valence-corrected chi connectivity index (χ3v) is 2.49. The molecule has 0 fully saturated rings. The summed E-state index contributed by atoms with van der Waals surface area (Å²) in [5.41, 5.74) is 0. The van der Waals surface area contributed by atoms with E-state index in [0.29, 0.717) is 0 Å². The van der Waals surface area contributed by atoms with E-state index in [4.69, 9.17) is 0 Å². The lowest BCUT2D eigenvalue weighted by molar-refractivity contribution is -0.878. The van der Waals surface area contributed by atoms with Crippen LogP contribution < -0.4 is 24.8 Å². The van der Waals surface area contributed by atoms with Crippen molar-refractivity contribution in [3.05, 3.63) is 50.6 Å². The summed E-state index contributed by atoms with van der Waals surface area (Å²) < 4.78 is 1.90. The van der Waals surface area contributed by atoms with E-state index in [0.717, 1.165) is 35.1 Å². The minimum Gasteiger partial charge on any atom is -1.00 e. The fourth-order valence-electron chi connectivity index (χ4n) is 1.55. The Balaban J connectivity index is -0.0000000711. The summed E-state index contributed by atoms with van der Waals surface area (Å²) in [6, 6.07) is 0. The summed E-state index contributed by atoms with van der Waals surface area (Å²) in [6.07, 6.45) is 7.74. The Bertz CT molecular complexity index is 225. The summed E-state index contributed by atoms with van der Waals surface area (Å²) in [4.78, 5) is 0. The molecule has 0 amide bonds. The van der Waals surface area contributed by atoms with Gasteiger partial charge in [0.25, 0.3) is 0 Å². The number of rotatable bonds is 8. The summed E-state index contributed by atoms with van der Waals surface area (Å²) in [5, 5.41) is 0. The molecule has 0 heterocycles. The van der Waals surface area contributed by atoms with Gasteiger partial charge in [-0.3, -0.25) is 0 Å². The molecule has 0 radical (unpaired) electrons. The van der Waals surface area contributed by atoms with Gasteiger partial charge in [0.2, 0.25) is 0 Å². The molecular weight excluding hydrogens is 307 g/mol. The van der Waals surface area contributed by atoms with Gasteiger partial charge in [-0.05, 0) is 24.3 Å². The van der Waals surface area contributed by atoms with Gasteiger partial charge in [-0.15, -0.1) is 0 Å². The van der Waals surface area contributed by atoms with E-state index in [2.05, 4.69) is 54.5 Å². The van der Waals surface area contributed by atoms with Crippen LogP contribution >= 0.6 is 0 Å². The summed E-state index contributed by atoms with van der Waals surface area (Å²) in [6.45, 7) is 18.7. The molecule has 0 bridgehead atoms. The van der Waals surface area contributed by atoms with Crippen LogP contribution in [0.4, 0.5) is 0 Å². The molecule has 0 aromatic carbocycles. The third-order valence-electron chi connectivity index (χ3n) is 2.49. The lowest BCUT2D eigenvalue weighted by atomic mass is 10.4. The Morgan fingerprint density at radius 1 is 0.571 bits per heavy atom. The maximum Gasteiger partial charge on any atom is 0.0969 e. The van der Waals surface area contributed by atoms with Crippen LogP contribution in [0.2, 0.25) is 0 Å². The molecule has 0 aliphatic carbocycles. The van der Waals surface area contributed by atoms with E-state index in [1.54, 1.807) is 0 Å². The summed E-state index contributed by atoms with van der Waals surface area (Å²) in [5.74, 6) is 0. The largest absolute Gasteiger partial charge is 1.00 e. The number of hydrogen-bond donors (Lipinski definition) is 0. The van der Waals surface area contributed by atoms with E-state index >= 15 is 0 Å². The highest BCUT2D eigenvalue weighted by Gasteiger charge is 2.08. The Hall–Kier alpha value is -0.580. The average molecular weight is 341 g/mol. The van der Waals surface area contributed by atoms with Gasteiger partial charge in [-0.1, -0.05) is 26.3 Å². The van der Waals surface area contributed by atoms with Crippen molar-refractivity contribution < 1.29 is 39.3 Å². The van der Waals surface area contributed by atoms with E-state index in [1.165, 1.54) is 0 Å². The Kier molecular flexibility index (Phi) is 26.9. The highest BCUT2D eigenvalue weighted by atomic mass is 35.5. The SMILES string of the molecule is C=CC[N+](C)(C)CC=C.C=CC[N+](C)(C)CC=C.O.[Cl-].[Cl-]. The van der Waals surface area contributed by atoms with E-state index < -0.39 is 0 Å². The standard InChI is InChI=1S/2C8H16N.2ClH.H2O/c2*1-5-7-9(3,4)8-6-2;;;/h2*5-6H,1-2,7-8H2,3-4H3;2*1H;1H2/q2*+1;;;/p-2. The third kappa shape index (κ3) is 24.8. The van der Waals surface area contributed by atoms with Gasteiger partial charge in [-0.2, -0.15) is 0 Å². The van der Waals surface area contributed by atoms with Crippen LogP contribution in [0.3, 0.4) is 0 Å².